The molecule has 12 heteroatoms. The molecule has 204 valence electrons. The predicted molar refractivity (Wildman–Crippen MR) is 132 cm³/mol. The minimum absolute atomic E-state index is 0.0678. The highest BCUT2D eigenvalue weighted by atomic mass is 16.6. The van der Waals surface area contributed by atoms with Crippen LogP contribution in [0.2, 0.25) is 0 Å². The summed E-state index contributed by atoms with van der Waals surface area (Å²) in [4.78, 5) is 53.6. The lowest BCUT2D eigenvalue weighted by Gasteiger charge is -2.40. The SMILES string of the molecule is COC(=O)[C@H]1C[C@@H](NC[C@H]2CN(C(=O)OC(C)(C)C)CCN2C(=O)O)CN1C(=O)OCc1ccccc1. The van der Waals surface area contributed by atoms with Crippen molar-refractivity contribution >= 4 is 24.2 Å². The summed E-state index contributed by atoms with van der Waals surface area (Å²) in [5.74, 6) is -0.554. The zero-order chi connectivity index (χ0) is 27.2. The highest BCUT2D eigenvalue weighted by Gasteiger charge is 2.42. The van der Waals surface area contributed by atoms with Gasteiger partial charge in [0.05, 0.1) is 13.2 Å². The number of rotatable bonds is 6. The third-order valence-electron chi connectivity index (χ3n) is 6.24. The number of nitrogens with zero attached hydrogens (tertiary/aromatic N) is 3. The van der Waals surface area contributed by atoms with E-state index in [2.05, 4.69) is 5.32 Å². The molecule has 0 aromatic heterocycles. The van der Waals surface area contributed by atoms with Crippen molar-refractivity contribution in [3.8, 4) is 0 Å². The third kappa shape index (κ3) is 7.72. The maximum Gasteiger partial charge on any atom is 0.410 e. The number of nitrogens with one attached hydrogen (secondary N) is 1. The van der Waals surface area contributed by atoms with E-state index in [1.54, 1.807) is 20.8 Å². The Hall–Kier alpha value is -3.54. The summed E-state index contributed by atoms with van der Waals surface area (Å²) in [5.41, 5.74) is 0.153. The molecule has 0 unspecified atom stereocenters. The summed E-state index contributed by atoms with van der Waals surface area (Å²) >= 11 is 0. The number of benzene rings is 1. The number of carbonyl (C=O) groups is 4. The fourth-order valence-electron chi connectivity index (χ4n) is 4.42. The molecule has 1 aromatic rings. The Bertz CT molecular complexity index is 967. The lowest BCUT2D eigenvalue weighted by atomic mass is 10.1. The Morgan fingerprint density at radius 1 is 1.03 bits per heavy atom. The number of carbonyl (C=O) groups excluding carboxylic acids is 3. The van der Waals surface area contributed by atoms with Gasteiger partial charge in [0.1, 0.15) is 18.2 Å². The van der Waals surface area contributed by atoms with E-state index in [0.717, 1.165) is 5.56 Å². The third-order valence-corrected chi connectivity index (χ3v) is 6.24. The molecule has 2 aliphatic heterocycles. The van der Waals surface area contributed by atoms with Gasteiger partial charge in [-0.1, -0.05) is 30.3 Å². The number of hydrogen-bond donors (Lipinski definition) is 2. The molecule has 0 bridgehead atoms. The van der Waals surface area contributed by atoms with Crippen LogP contribution in [0.25, 0.3) is 0 Å². The highest BCUT2D eigenvalue weighted by Crippen LogP contribution is 2.22. The fourth-order valence-corrected chi connectivity index (χ4v) is 4.42. The Balaban J connectivity index is 1.61. The molecule has 3 amide bonds. The summed E-state index contributed by atoms with van der Waals surface area (Å²) in [6, 6.07) is 7.54. The number of methoxy groups -OCH3 is 1. The van der Waals surface area contributed by atoms with Gasteiger partial charge in [-0.15, -0.1) is 0 Å². The van der Waals surface area contributed by atoms with Crippen molar-refractivity contribution in [3.63, 3.8) is 0 Å². The average Bonchev–Trinajstić information content (AvgIpc) is 3.29. The second-order valence-electron chi connectivity index (χ2n) is 10.1. The smallest absolute Gasteiger partial charge is 0.410 e. The molecule has 0 spiro atoms. The first kappa shape index (κ1) is 28.0. The minimum atomic E-state index is -1.08. The van der Waals surface area contributed by atoms with Gasteiger partial charge in [-0.25, -0.2) is 19.2 Å². The Morgan fingerprint density at radius 3 is 2.35 bits per heavy atom. The molecule has 2 aliphatic rings. The van der Waals surface area contributed by atoms with Gasteiger partial charge in [-0.3, -0.25) is 4.90 Å². The molecular weight excluding hydrogens is 484 g/mol. The average molecular weight is 521 g/mol. The van der Waals surface area contributed by atoms with Crippen molar-refractivity contribution in [1.82, 2.24) is 20.0 Å². The van der Waals surface area contributed by atoms with Gasteiger partial charge in [0.15, 0.2) is 0 Å². The molecule has 12 nitrogen and oxygen atoms in total. The molecule has 2 saturated heterocycles. The van der Waals surface area contributed by atoms with Crippen LogP contribution >= 0.6 is 0 Å². The number of carboxylic acid groups (broad SMARTS) is 1. The van der Waals surface area contributed by atoms with Crippen molar-refractivity contribution in [1.29, 1.82) is 0 Å². The van der Waals surface area contributed by atoms with Crippen molar-refractivity contribution in [2.45, 2.75) is 57.5 Å². The van der Waals surface area contributed by atoms with Crippen LogP contribution in [0.5, 0.6) is 0 Å². The van der Waals surface area contributed by atoms with E-state index in [1.807, 2.05) is 30.3 Å². The van der Waals surface area contributed by atoms with Crippen molar-refractivity contribution in [3.05, 3.63) is 35.9 Å². The molecule has 0 saturated carbocycles. The van der Waals surface area contributed by atoms with E-state index >= 15 is 0 Å². The zero-order valence-corrected chi connectivity index (χ0v) is 21.7. The second kappa shape index (κ2) is 12.1. The van der Waals surface area contributed by atoms with Crippen LogP contribution in [0.3, 0.4) is 0 Å². The molecule has 3 atom stereocenters. The van der Waals surface area contributed by atoms with E-state index in [4.69, 9.17) is 14.2 Å². The number of likely N-dealkylation sites (tertiary alicyclic amines) is 1. The van der Waals surface area contributed by atoms with Gasteiger partial charge in [0.25, 0.3) is 0 Å². The van der Waals surface area contributed by atoms with Crippen molar-refractivity contribution < 1.29 is 38.5 Å². The van der Waals surface area contributed by atoms with Crippen LogP contribution in [0.1, 0.15) is 32.8 Å². The first-order chi connectivity index (χ1) is 17.5. The summed E-state index contributed by atoms with van der Waals surface area (Å²) in [6.45, 7) is 6.31. The van der Waals surface area contributed by atoms with Gasteiger partial charge < -0.3 is 34.4 Å². The standard InChI is InChI=1S/C25H36N4O8/c1-25(2,3)37-23(33)27-10-11-28(22(31)32)19(15-27)13-26-18-12-20(21(30)35-4)29(14-18)24(34)36-16-17-8-6-5-7-9-17/h5-9,18-20,26H,10-16H2,1-4H3,(H,31,32)/t18-,19+,20-/m1/s1. The van der Waals surface area contributed by atoms with Crippen molar-refractivity contribution in [2.24, 2.45) is 0 Å². The van der Waals surface area contributed by atoms with Crippen LogP contribution in [0.15, 0.2) is 30.3 Å². The van der Waals surface area contributed by atoms with Crippen LogP contribution in [0, 0.1) is 0 Å². The molecule has 0 radical (unpaired) electrons. The highest BCUT2D eigenvalue weighted by molar-refractivity contribution is 5.82. The summed E-state index contributed by atoms with van der Waals surface area (Å²) < 4.78 is 15.7. The largest absolute Gasteiger partial charge is 0.467 e. The number of amides is 3. The topological polar surface area (TPSA) is 138 Å². The van der Waals surface area contributed by atoms with Crippen LogP contribution in [0.4, 0.5) is 14.4 Å². The maximum absolute atomic E-state index is 12.8. The van der Waals surface area contributed by atoms with E-state index in [0.29, 0.717) is 0 Å². The molecule has 2 N–H and O–H groups in total. The second-order valence-corrected chi connectivity index (χ2v) is 10.1. The fraction of sp³-hybridized carbons (Fsp3) is 0.600. The Labute approximate surface area is 216 Å². The number of esters is 1. The van der Waals surface area contributed by atoms with Gasteiger partial charge in [0, 0.05) is 38.8 Å². The zero-order valence-electron chi connectivity index (χ0n) is 21.7. The molecule has 37 heavy (non-hydrogen) atoms. The van der Waals surface area contributed by atoms with Crippen LogP contribution in [-0.2, 0) is 25.6 Å². The molecule has 1 aromatic carbocycles. The van der Waals surface area contributed by atoms with Gasteiger partial charge in [-0.2, -0.15) is 0 Å². The summed E-state index contributed by atoms with van der Waals surface area (Å²) in [6.07, 6.45) is -1.94. The van der Waals surface area contributed by atoms with Crippen LogP contribution in [-0.4, -0.2) is 108 Å². The number of ether oxygens (including phenoxy) is 3. The van der Waals surface area contributed by atoms with Gasteiger partial charge >= 0.3 is 24.2 Å². The lowest BCUT2D eigenvalue weighted by Crippen LogP contribution is -2.60. The maximum atomic E-state index is 12.8. The predicted octanol–water partition coefficient (Wildman–Crippen LogP) is 2.13. The normalized spacial score (nSPS) is 21.9. The molecule has 0 aliphatic carbocycles. The molecule has 2 heterocycles. The number of hydrogen-bond acceptors (Lipinski definition) is 8. The minimum Gasteiger partial charge on any atom is -0.467 e. The van der Waals surface area contributed by atoms with E-state index in [1.165, 1.54) is 21.8 Å². The van der Waals surface area contributed by atoms with Crippen LogP contribution < -0.4 is 5.32 Å². The summed E-state index contributed by atoms with van der Waals surface area (Å²) in [7, 11) is 1.26. The molecule has 2 fully saturated rings. The quantitative estimate of drug-likeness (QED) is 0.427. The molecular formula is C25H36N4O8. The van der Waals surface area contributed by atoms with Gasteiger partial charge in [-0.05, 0) is 32.8 Å². The Morgan fingerprint density at radius 2 is 1.73 bits per heavy atom. The first-order valence-corrected chi connectivity index (χ1v) is 12.2. The number of piperazine rings is 1. The van der Waals surface area contributed by atoms with Crippen molar-refractivity contribution in [2.75, 3.05) is 39.8 Å². The first-order valence-electron chi connectivity index (χ1n) is 12.2. The Kier molecular flexibility index (Phi) is 9.19. The lowest BCUT2D eigenvalue weighted by molar-refractivity contribution is -0.145. The van der Waals surface area contributed by atoms with E-state index in [9.17, 15) is 24.3 Å². The van der Waals surface area contributed by atoms with Gasteiger partial charge in [0.2, 0.25) is 0 Å². The van der Waals surface area contributed by atoms with E-state index < -0.39 is 41.9 Å². The monoisotopic (exact) mass is 520 g/mol. The summed E-state index contributed by atoms with van der Waals surface area (Å²) in [5, 5.41) is 12.9. The molecule has 3 rings (SSSR count). The van der Waals surface area contributed by atoms with E-state index in [-0.39, 0.29) is 51.8 Å².